The highest BCUT2D eigenvalue weighted by Crippen LogP contribution is 2.26. The van der Waals surface area contributed by atoms with E-state index < -0.39 is 23.9 Å². The highest BCUT2D eigenvalue weighted by Gasteiger charge is 2.34. The van der Waals surface area contributed by atoms with E-state index in [0.717, 1.165) is 0 Å². The molecule has 0 amide bonds. The van der Waals surface area contributed by atoms with Crippen LogP contribution in [-0.4, -0.2) is 139 Å². The fourth-order valence-electron chi connectivity index (χ4n) is 3.47. The van der Waals surface area contributed by atoms with Crippen molar-refractivity contribution in [2.24, 2.45) is 5.41 Å². The van der Waals surface area contributed by atoms with Gasteiger partial charge in [0.2, 0.25) is 0 Å². The smallest absolute Gasteiger partial charge is 0.319 e. The van der Waals surface area contributed by atoms with Crippen LogP contribution < -0.4 is 0 Å². The molecule has 0 aliphatic heterocycles. The minimum absolute atomic E-state index is 0.0129. The summed E-state index contributed by atoms with van der Waals surface area (Å²) >= 11 is 0. The molecule has 0 aliphatic rings. The summed E-state index contributed by atoms with van der Waals surface area (Å²) in [6.45, 7) is 7.33. The molecule has 0 saturated carbocycles. The number of carbonyl (C=O) groups is 4. The van der Waals surface area contributed by atoms with Crippen molar-refractivity contribution in [2.45, 2.75) is 26.8 Å². The van der Waals surface area contributed by atoms with Crippen LogP contribution >= 0.6 is 0 Å². The van der Waals surface area contributed by atoms with Crippen LogP contribution in [0.2, 0.25) is 0 Å². The van der Waals surface area contributed by atoms with Crippen molar-refractivity contribution in [3.63, 3.8) is 0 Å². The molecule has 13 nitrogen and oxygen atoms in total. The molecule has 1 atom stereocenters. The van der Waals surface area contributed by atoms with Crippen molar-refractivity contribution in [1.82, 2.24) is 14.7 Å². The average Bonchev–Trinajstić information content (AvgIpc) is 2.83. The van der Waals surface area contributed by atoms with E-state index in [0.29, 0.717) is 19.6 Å². The lowest BCUT2D eigenvalue weighted by Crippen LogP contribution is -2.55. The van der Waals surface area contributed by atoms with Gasteiger partial charge in [0.25, 0.3) is 0 Å². The third-order valence-corrected chi connectivity index (χ3v) is 5.48. The molecule has 0 fully saturated rings. The molecule has 1 unspecified atom stereocenters. The zero-order chi connectivity index (χ0) is 27.7. The highest BCUT2D eigenvalue weighted by molar-refractivity contribution is 5.75. The molecule has 13 heteroatoms. The maximum Gasteiger partial charge on any atom is 0.319 e. The van der Waals surface area contributed by atoms with Crippen molar-refractivity contribution >= 4 is 23.9 Å². The lowest BCUT2D eigenvalue weighted by Gasteiger charge is -2.42. The Morgan fingerprint density at radius 1 is 0.639 bits per heavy atom. The third kappa shape index (κ3) is 14.3. The molecule has 0 spiro atoms. The molecular weight excluding hydrogens is 478 g/mol. The molecule has 0 heterocycles. The quantitative estimate of drug-likeness (QED) is 0.0760. The van der Waals surface area contributed by atoms with Crippen molar-refractivity contribution in [3.05, 3.63) is 0 Å². The Morgan fingerprint density at radius 2 is 1.08 bits per heavy atom. The summed E-state index contributed by atoms with van der Waals surface area (Å²) in [4.78, 5) is 63.1. The maximum atomic E-state index is 12.3. The zero-order valence-electron chi connectivity index (χ0n) is 22.9. The Morgan fingerprint density at radius 3 is 1.50 bits per heavy atom. The number of ether oxygens (including phenoxy) is 4. The first kappa shape index (κ1) is 33.7. The van der Waals surface area contributed by atoms with Gasteiger partial charge in [0, 0.05) is 32.2 Å². The molecular formula is C23H43N3O10. The standard InChI is InChI=1S/C23H43N3O10/c1-23(2,3)18(13-25(11-12-36-35-8)16-21(29)33-6)26(17-22(30)34-7)10-9-24(14-19(27)31-4)15-20(28)32-5/h18H,9-17H2,1-8H3. The van der Waals surface area contributed by atoms with Crippen LogP contribution in [0, 0.1) is 5.41 Å². The number of carbonyl (C=O) groups excluding carboxylic acids is 4. The second-order valence-corrected chi connectivity index (χ2v) is 9.09. The van der Waals surface area contributed by atoms with Gasteiger partial charge in [-0.1, -0.05) is 20.8 Å². The Balaban J connectivity index is 5.90. The Labute approximate surface area is 213 Å². The lowest BCUT2D eigenvalue weighted by atomic mass is 9.85. The maximum absolute atomic E-state index is 12.3. The van der Waals surface area contributed by atoms with E-state index in [9.17, 15) is 19.2 Å². The van der Waals surface area contributed by atoms with Gasteiger partial charge >= 0.3 is 23.9 Å². The molecule has 0 bridgehead atoms. The summed E-state index contributed by atoms with van der Waals surface area (Å²) < 4.78 is 19.2. The first-order chi connectivity index (χ1) is 16.9. The summed E-state index contributed by atoms with van der Waals surface area (Å²) in [5.74, 6) is -1.87. The summed E-state index contributed by atoms with van der Waals surface area (Å²) in [5.41, 5.74) is -0.347. The number of hydrogen-bond donors (Lipinski definition) is 0. The highest BCUT2D eigenvalue weighted by atomic mass is 17.2. The van der Waals surface area contributed by atoms with Crippen LogP contribution in [0.1, 0.15) is 20.8 Å². The van der Waals surface area contributed by atoms with Gasteiger partial charge in [0.05, 0.1) is 68.3 Å². The second kappa shape index (κ2) is 18.0. The van der Waals surface area contributed by atoms with Crippen molar-refractivity contribution in [2.75, 3.05) is 94.5 Å². The van der Waals surface area contributed by atoms with Crippen molar-refractivity contribution in [1.29, 1.82) is 0 Å². The molecule has 0 saturated heterocycles. The van der Waals surface area contributed by atoms with E-state index in [2.05, 4.69) is 4.89 Å². The van der Waals surface area contributed by atoms with Crippen LogP contribution in [0.25, 0.3) is 0 Å². The summed E-state index contributed by atoms with van der Waals surface area (Å²) in [6.07, 6.45) is 0. The van der Waals surface area contributed by atoms with Crippen LogP contribution in [0.4, 0.5) is 0 Å². The molecule has 0 aromatic carbocycles. The molecule has 0 radical (unpaired) electrons. The van der Waals surface area contributed by atoms with Crippen molar-refractivity contribution < 1.29 is 47.9 Å². The molecule has 0 rings (SSSR count). The van der Waals surface area contributed by atoms with Gasteiger partial charge in [-0.15, -0.1) is 0 Å². The first-order valence-corrected chi connectivity index (χ1v) is 11.5. The predicted octanol–water partition coefficient (Wildman–Crippen LogP) is -0.423. The number of hydrogen-bond acceptors (Lipinski definition) is 13. The number of rotatable bonds is 18. The number of methoxy groups -OCH3 is 4. The first-order valence-electron chi connectivity index (χ1n) is 11.5. The van der Waals surface area contributed by atoms with Gasteiger partial charge in [-0.05, 0) is 5.41 Å². The van der Waals surface area contributed by atoms with Crippen LogP contribution in [0.5, 0.6) is 0 Å². The van der Waals surface area contributed by atoms with E-state index in [4.69, 9.17) is 23.8 Å². The normalized spacial score (nSPS) is 12.5. The van der Waals surface area contributed by atoms with Gasteiger partial charge in [-0.25, -0.2) is 9.78 Å². The molecule has 210 valence electrons. The van der Waals surface area contributed by atoms with Gasteiger partial charge in [-0.3, -0.25) is 33.9 Å². The molecule has 36 heavy (non-hydrogen) atoms. The van der Waals surface area contributed by atoms with Gasteiger partial charge in [0.15, 0.2) is 0 Å². The summed E-state index contributed by atoms with van der Waals surface area (Å²) in [6, 6.07) is -0.248. The Bertz CT molecular complexity index is 666. The van der Waals surface area contributed by atoms with Gasteiger partial charge in [-0.2, -0.15) is 0 Å². The minimum atomic E-state index is -0.506. The fourth-order valence-corrected chi connectivity index (χ4v) is 3.47. The zero-order valence-corrected chi connectivity index (χ0v) is 22.9. The monoisotopic (exact) mass is 521 g/mol. The van der Waals surface area contributed by atoms with E-state index in [-0.39, 0.29) is 50.8 Å². The Kier molecular flexibility index (Phi) is 16.8. The summed E-state index contributed by atoms with van der Waals surface area (Å²) in [5, 5.41) is 0. The van der Waals surface area contributed by atoms with E-state index in [1.54, 1.807) is 4.90 Å². The average molecular weight is 522 g/mol. The molecule has 0 aromatic rings. The lowest BCUT2D eigenvalue weighted by molar-refractivity contribution is -0.273. The van der Waals surface area contributed by atoms with E-state index in [1.165, 1.54) is 35.5 Å². The number of esters is 4. The SMILES string of the molecule is COOCCN(CC(=O)OC)CC(N(CCN(CC(=O)OC)CC(=O)OC)CC(=O)OC)C(C)(C)C. The minimum Gasteiger partial charge on any atom is -0.468 e. The molecule has 0 N–H and O–H groups in total. The topological polar surface area (TPSA) is 133 Å². The van der Waals surface area contributed by atoms with Crippen LogP contribution in [-0.2, 0) is 47.9 Å². The Hall–Kier alpha value is -2.32. The summed E-state index contributed by atoms with van der Waals surface area (Å²) in [7, 11) is 6.55. The van der Waals surface area contributed by atoms with Gasteiger partial charge in [0.1, 0.15) is 0 Å². The largest absolute Gasteiger partial charge is 0.468 e. The number of nitrogens with zero attached hydrogens (tertiary/aromatic N) is 3. The fraction of sp³-hybridized carbons (Fsp3) is 0.826. The predicted molar refractivity (Wildman–Crippen MR) is 129 cm³/mol. The van der Waals surface area contributed by atoms with Crippen molar-refractivity contribution in [3.8, 4) is 0 Å². The molecule has 0 aromatic heterocycles. The second-order valence-electron chi connectivity index (χ2n) is 9.09. The van der Waals surface area contributed by atoms with Crippen LogP contribution in [0.15, 0.2) is 0 Å². The van der Waals surface area contributed by atoms with E-state index >= 15 is 0 Å². The third-order valence-electron chi connectivity index (χ3n) is 5.48. The molecule has 0 aliphatic carbocycles. The van der Waals surface area contributed by atoms with E-state index in [1.807, 2.05) is 30.6 Å². The van der Waals surface area contributed by atoms with Crippen LogP contribution in [0.3, 0.4) is 0 Å². The van der Waals surface area contributed by atoms with Gasteiger partial charge < -0.3 is 18.9 Å².